The van der Waals surface area contributed by atoms with Crippen LogP contribution in [0.1, 0.15) is 40.7 Å². The molecule has 35 heavy (non-hydrogen) atoms. The van der Waals surface area contributed by atoms with E-state index in [4.69, 9.17) is 10.6 Å². The highest BCUT2D eigenvalue weighted by Crippen LogP contribution is 2.33. The van der Waals surface area contributed by atoms with Crippen LogP contribution < -0.4 is 5.73 Å². The molecule has 3 aromatic rings. The zero-order valence-corrected chi connectivity index (χ0v) is 17.9. The summed E-state index contributed by atoms with van der Waals surface area (Å²) in [6, 6.07) is 6.20. The molecular formula is C22H16F5N5O3. The van der Waals surface area contributed by atoms with Crippen LogP contribution in [-0.2, 0) is 22.2 Å². The van der Waals surface area contributed by atoms with Crippen molar-refractivity contribution in [1.82, 2.24) is 14.8 Å². The molecule has 2 aromatic heterocycles. The summed E-state index contributed by atoms with van der Waals surface area (Å²) < 4.78 is 69.2. The molecule has 1 unspecified atom stereocenters. The first-order valence-electron chi connectivity index (χ1n) is 10.0. The number of hydrogen-bond acceptors (Lipinski definition) is 6. The lowest BCUT2D eigenvalue weighted by molar-refractivity contribution is -0.143. The third-order valence-corrected chi connectivity index (χ3v) is 5.31. The third-order valence-electron chi connectivity index (χ3n) is 5.31. The van der Waals surface area contributed by atoms with Crippen molar-refractivity contribution in [2.24, 2.45) is 10.9 Å². The van der Waals surface area contributed by atoms with Gasteiger partial charge < -0.3 is 10.6 Å². The lowest BCUT2D eigenvalue weighted by atomic mass is 9.98. The Kier molecular flexibility index (Phi) is 5.87. The molecule has 1 aliphatic rings. The van der Waals surface area contributed by atoms with Crippen LogP contribution in [-0.4, -0.2) is 37.8 Å². The number of rotatable bonds is 6. The summed E-state index contributed by atoms with van der Waals surface area (Å²) in [6.07, 6.45) is -4.33. The number of carbonyl (C=O) groups excluding carboxylic acids is 2. The van der Waals surface area contributed by atoms with E-state index in [-0.39, 0.29) is 29.2 Å². The van der Waals surface area contributed by atoms with E-state index in [1.165, 1.54) is 19.1 Å². The molecule has 3 heterocycles. The number of benzene rings is 1. The minimum atomic E-state index is -4.82. The number of oxime groups is 1. The Morgan fingerprint density at radius 1 is 1.17 bits per heavy atom. The molecular weight excluding hydrogens is 477 g/mol. The van der Waals surface area contributed by atoms with Crippen molar-refractivity contribution in [3.63, 3.8) is 0 Å². The van der Waals surface area contributed by atoms with E-state index in [9.17, 15) is 31.5 Å². The maximum Gasteiger partial charge on any atom is 0.433 e. The predicted octanol–water partition coefficient (Wildman–Crippen LogP) is 3.36. The van der Waals surface area contributed by atoms with E-state index >= 15 is 0 Å². The molecule has 0 bridgehead atoms. The van der Waals surface area contributed by atoms with E-state index < -0.39 is 52.8 Å². The monoisotopic (exact) mass is 493 g/mol. The van der Waals surface area contributed by atoms with Crippen molar-refractivity contribution in [2.45, 2.75) is 31.5 Å². The molecule has 1 amide bonds. The molecule has 0 radical (unpaired) electrons. The second-order valence-corrected chi connectivity index (χ2v) is 7.95. The first-order chi connectivity index (χ1) is 16.4. The smallest absolute Gasteiger partial charge is 0.379 e. The molecule has 1 atom stereocenters. The van der Waals surface area contributed by atoms with Gasteiger partial charge in [0.15, 0.2) is 17.3 Å². The maximum absolute atomic E-state index is 13.8. The molecule has 1 aliphatic heterocycles. The largest absolute Gasteiger partial charge is 0.433 e. The van der Waals surface area contributed by atoms with E-state index in [1.54, 1.807) is 0 Å². The van der Waals surface area contributed by atoms with Gasteiger partial charge in [0.1, 0.15) is 23.0 Å². The van der Waals surface area contributed by atoms with Gasteiger partial charge >= 0.3 is 6.18 Å². The fraction of sp³-hybridized carbons (Fsp3) is 0.227. The summed E-state index contributed by atoms with van der Waals surface area (Å²) in [7, 11) is 0. The van der Waals surface area contributed by atoms with Crippen molar-refractivity contribution >= 4 is 17.4 Å². The van der Waals surface area contributed by atoms with Crippen LogP contribution in [0, 0.1) is 11.6 Å². The predicted molar refractivity (Wildman–Crippen MR) is 111 cm³/mol. The standard InChI is InChI=1S/C22H16F5N5O3/c1-21(20(28)34)9-15(31-35-21)14-8-17(22(25,26)27)32(30-14)18-6-5-11(10-29-18)7-16(33)19-12(23)3-2-4-13(19)24/h2-6,8,10H,7,9H2,1H3,(H2,28,34). The van der Waals surface area contributed by atoms with Gasteiger partial charge in [-0.15, -0.1) is 0 Å². The minimum Gasteiger partial charge on any atom is -0.379 e. The molecule has 0 spiro atoms. The number of alkyl halides is 3. The van der Waals surface area contributed by atoms with Crippen LogP contribution in [0.4, 0.5) is 22.0 Å². The topological polar surface area (TPSA) is 112 Å². The quantitative estimate of drug-likeness (QED) is 0.418. The molecule has 4 rings (SSSR count). The number of nitrogens with two attached hydrogens (primary N) is 1. The van der Waals surface area contributed by atoms with E-state index in [0.717, 1.165) is 30.5 Å². The van der Waals surface area contributed by atoms with Crippen molar-refractivity contribution < 1.29 is 36.4 Å². The number of pyridine rings is 1. The van der Waals surface area contributed by atoms with Crippen molar-refractivity contribution in [3.8, 4) is 5.82 Å². The Hall–Kier alpha value is -4.16. The molecule has 8 nitrogen and oxygen atoms in total. The number of aromatic nitrogens is 3. The summed E-state index contributed by atoms with van der Waals surface area (Å²) >= 11 is 0. The van der Waals surface area contributed by atoms with E-state index in [1.807, 2.05) is 0 Å². The summed E-state index contributed by atoms with van der Waals surface area (Å²) in [5, 5.41) is 7.57. The van der Waals surface area contributed by atoms with Crippen LogP contribution in [0.3, 0.4) is 0 Å². The SMILES string of the molecule is CC1(C(N)=O)CC(c2cc(C(F)(F)F)n(-c3ccc(CC(=O)c4c(F)cccc4F)cn3)n2)=NO1. The second-order valence-electron chi connectivity index (χ2n) is 7.95. The number of ketones is 1. The molecule has 1 aromatic carbocycles. The average Bonchev–Trinajstić information content (AvgIpc) is 3.39. The van der Waals surface area contributed by atoms with Gasteiger partial charge in [0, 0.05) is 19.0 Å². The Morgan fingerprint density at radius 3 is 2.40 bits per heavy atom. The maximum atomic E-state index is 13.8. The second kappa shape index (κ2) is 8.56. The van der Waals surface area contributed by atoms with Gasteiger partial charge in [-0.05, 0) is 36.8 Å². The van der Waals surface area contributed by atoms with Gasteiger partial charge in [-0.3, -0.25) is 9.59 Å². The molecule has 0 saturated heterocycles. The molecule has 0 saturated carbocycles. The Balaban J connectivity index is 1.61. The normalized spacial score (nSPS) is 17.7. The van der Waals surface area contributed by atoms with Crippen molar-refractivity contribution in [2.75, 3.05) is 0 Å². The zero-order chi connectivity index (χ0) is 25.5. The first kappa shape index (κ1) is 24.0. The first-order valence-corrected chi connectivity index (χ1v) is 10.0. The van der Waals surface area contributed by atoms with Crippen LogP contribution in [0.15, 0.2) is 47.8 Å². The lowest BCUT2D eigenvalue weighted by Crippen LogP contribution is -2.41. The van der Waals surface area contributed by atoms with Gasteiger partial charge in [-0.2, -0.15) is 18.3 Å². The van der Waals surface area contributed by atoms with Gasteiger partial charge in [0.25, 0.3) is 5.91 Å². The minimum absolute atomic E-state index is 0.00955. The third kappa shape index (κ3) is 4.61. The number of halogens is 5. The number of carbonyl (C=O) groups is 2. The van der Waals surface area contributed by atoms with Crippen LogP contribution in [0.25, 0.3) is 5.82 Å². The highest BCUT2D eigenvalue weighted by Gasteiger charge is 2.43. The fourth-order valence-electron chi connectivity index (χ4n) is 3.39. The number of nitrogens with zero attached hydrogens (tertiary/aromatic N) is 4. The Morgan fingerprint density at radius 2 is 1.86 bits per heavy atom. The summed E-state index contributed by atoms with van der Waals surface area (Å²) in [5.41, 5.74) is 1.86. The summed E-state index contributed by atoms with van der Waals surface area (Å²) in [4.78, 5) is 32.8. The number of amides is 1. The van der Waals surface area contributed by atoms with Gasteiger partial charge in [-0.25, -0.2) is 18.4 Å². The zero-order valence-electron chi connectivity index (χ0n) is 17.9. The van der Waals surface area contributed by atoms with E-state index in [2.05, 4.69) is 15.2 Å². The van der Waals surface area contributed by atoms with Crippen LogP contribution in [0.2, 0.25) is 0 Å². The Labute approximate surface area is 194 Å². The van der Waals surface area contributed by atoms with Gasteiger partial charge in [-0.1, -0.05) is 17.3 Å². The molecule has 2 N–H and O–H groups in total. The van der Waals surface area contributed by atoms with Crippen LogP contribution in [0.5, 0.6) is 0 Å². The van der Waals surface area contributed by atoms with Crippen molar-refractivity contribution in [1.29, 1.82) is 0 Å². The average molecular weight is 493 g/mol. The number of hydrogen-bond donors (Lipinski definition) is 1. The number of Topliss-reactive ketones (excluding diaryl/α,β-unsaturated/α-hetero) is 1. The highest BCUT2D eigenvalue weighted by atomic mass is 19.4. The number of primary amides is 1. The molecule has 0 aliphatic carbocycles. The molecule has 0 fully saturated rings. The van der Waals surface area contributed by atoms with Crippen molar-refractivity contribution in [3.05, 3.63) is 76.7 Å². The fourth-order valence-corrected chi connectivity index (χ4v) is 3.39. The van der Waals surface area contributed by atoms with Gasteiger partial charge in [0.2, 0.25) is 5.60 Å². The highest BCUT2D eigenvalue weighted by molar-refractivity contribution is 6.04. The Bertz CT molecular complexity index is 1330. The summed E-state index contributed by atoms with van der Waals surface area (Å²) in [6.45, 7) is 1.35. The summed E-state index contributed by atoms with van der Waals surface area (Å²) in [5.74, 6) is -3.98. The lowest BCUT2D eigenvalue weighted by Gasteiger charge is -2.15. The molecule has 13 heteroatoms. The van der Waals surface area contributed by atoms with Gasteiger partial charge in [0.05, 0.1) is 5.56 Å². The molecule has 182 valence electrons. The van der Waals surface area contributed by atoms with E-state index in [0.29, 0.717) is 4.68 Å². The van der Waals surface area contributed by atoms with Crippen LogP contribution >= 0.6 is 0 Å².